The second kappa shape index (κ2) is 15.8. The SMILES string of the molecule is CC(C)CNC(=O)[C@H](C)C[C@H](O)[C@H](CC(C)C)NC(=O)CC(NC(=O)COc1cccc2ccccc12)C(=O)O. The zero-order valence-electron chi connectivity index (χ0n) is 24.0. The first-order valence-corrected chi connectivity index (χ1v) is 13.7. The number of aliphatic hydroxyl groups excluding tert-OH is 1. The number of hydrogen-bond acceptors (Lipinski definition) is 6. The van der Waals surface area contributed by atoms with Gasteiger partial charge in [-0.15, -0.1) is 0 Å². The third-order valence-corrected chi connectivity index (χ3v) is 6.39. The fraction of sp³-hybridized carbons (Fsp3) is 0.533. The summed E-state index contributed by atoms with van der Waals surface area (Å²) >= 11 is 0. The van der Waals surface area contributed by atoms with Crippen molar-refractivity contribution < 1.29 is 34.1 Å². The van der Waals surface area contributed by atoms with E-state index in [0.717, 1.165) is 10.8 Å². The van der Waals surface area contributed by atoms with Crippen molar-refractivity contribution in [1.29, 1.82) is 0 Å². The van der Waals surface area contributed by atoms with Crippen molar-refractivity contribution in [2.75, 3.05) is 13.2 Å². The van der Waals surface area contributed by atoms with E-state index in [1.807, 2.05) is 58.0 Å². The molecule has 0 saturated heterocycles. The molecule has 0 spiro atoms. The summed E-state index contributed by atoms with van der Waals surface area (Å²) in [6, 6.07) is 10.7. The van der Waals surface area contributed by atoms with Crippen LogP contribution < -0.4 is 20.7 Å². The van der Waals surface area contributed by atoms with Gasteiger partial charge in [0.25, 0.3) is 5.91 Å². The Kier molecular flexibility index (Phi) is 12.9. The largest absolute Gasteiger partial charge is 0.483 e. The van der Waals surface area contributed by atoms with E-state index >= 15 is 0 Å². The van der Waals surface area contributed by atoms with Gasteiger partial charge in [0.2, 0.25) is 11.8 Å². The van der Waals surface area contributed by atoms with Gasteiger partial charge in [0.05, 0.1) is 18.6 Å². The fourth-order valence-electron chi connectivity index (χ4n) is 4.28. The van der Waals surface area contributed by atoms with Gasteiger partial charge in [0, 0.05) is 17.8 Å². The van der Waals surface area contributed by atoms with Crippen LogP contribution in [-0.4, -0.2) is 65.2 Å². The van der Waals surface area contributed by atoms with Crippen molar-refractivity contribution in [3.05, 3.63) is 42.5 Å². The van der Waals surface area contributed by atoms with Gasteiger partial charge in [-0.25, -0.2) is 4.79 Å². The number of nitrogens with one attached hydrogen (secondary N) is 3. The lowest BCUT2D eigenvalue weighted by Crippen LogP contribution is -2.50. The molecule has 220 valence electrons. The summed E-state index contributed by atoms with van der Waals surface area (Å²) in [6.07, 6.45) is -0.984. The summed E-state index contributed by atoms with van der Waals surface area (Å²) in [7, 11) is 0. The number of rotatable bonds is 16. The average molecular weight is 558 g/mol. The Labute approximate surface area is 235 Å². The molecule has 0 radical (unpaired) electrons. The number of carbonyl (C=O) groups is 4. The molecular formula is C30H43N3O7. The maximum absolute atomic E-state index is 12.8. The maximum atomic E-state index is 12.8. The van der Waals surface area contributed by atoms with Gasteiger partial charge >= 0.3 is 5.97 Å². The van der Waals surface area contributed by atoms with Crippen molar-refractivity contribution in [3.63, 3.8) is 0 Å². The topological polar surface area (TPSA) is 154 Å². The Morgan fingerprint density at radius 2 is 1.52 bits per heavy atom. The highest BCUT2D eigenvalue weighted by molar-refractivity contribution is 5.90. The molecule has 1 unspecified atom stereocenters. The zero-order valence-corrected chi connectivity index (χ0v) is 24.0. The second-order valence-corrected chi connectivity index (χ2v) is 11.1. The van der Waals surface area contributed by atoms with Crippen LogP contribution in [0.1, 0.15) is 53.9 Å². The Balaban J connectivity index is 1.95. The predicted octanol–water partition coefficient (Wildman–Crippen LogP) is 2.87. The van der Waals surface area contributed by atoms with Crippen LogP contribution in [0.4, 0.5) is 0 Å². The molecule has 0 saturated carbocycles. The summed E-state index contributed by atoms with van der Waals surface area (Å²) in [5.74, 6) is -2.46. The van der Waals surface area contributed by atoms with Gasteiger partial charge in [0.15, 0.2) is 6.61 Å². The molecule has 0 aliphatic carbocycles. The van der Waals surface area contributed by atoms with Crippen molar-refractivity contribution in [2.24, 2.45) is 17.8 Å². The van der Waals surface area contributed by atoms with Crippen LogP contribution in [-0.2, 0) is 19.2 Å². The van der Waals surface area contributed by atoms with E-state index in [4.69, 9.17) is 4.74 Å². The molecule has 40 heavy (non-hydrogen) atoms. The Morgan fingerprint density at radius 3 is 2.17 bits per heavy atom. The third kappa shape index (κ3) is 10.8. The Hall–Kier alpha value is -3.66. The number of aliphatic carboxylic acids is 1. The van der Waals surface area contributed by atoms with E-state index in [9.17, 15) is 29.4 Å². The molecular weight excluding hydrogens is 514 g/mol. The van der Waals surface area contributed by atoms with Crippen LogP contribution in [0.2, 0.25) is 0 Å². The molecule has 2 rings (SSSR count). The number of hydrogen-bond donors (Lipinski definition) is 5. The Morgan fingerprint density at radius 1 is 0.850 bits per heavy atom. The van der Waals surface area contributed by atoms with Crippen molar-refractivity contribution in [2.45, 2.75) is 72.1 Å². The first-order valence-electron chi connectivity index (χ1n) is 13.7. The summed E-state index contributed by atoms with van der Waals surface area (Å²) in [4.78, 5) is 49.5. The molecule has 0 aliphatic rings. The lowest BCUT2D eigenvalue weighted by molar-refractivity contribution is -0.144. The number of carboxylic acid groups (broad SMARTS) is 1. The van der Waals surface area contributed by atoms with Crippen LogP contribution in [0, 0.1) is 17.8 Å². The molecule has 10 heteroatoms. The van der Waals surface area contributed by atoms with Crippen LogP contribution in [0.15, 0.2) is 42.5 Å². The van der Waals surface area contributed by atoms with Gasteiger partial charge in [0.1, 0.15) is 11.8 Å². The first-order chi connectivity index (χ1) is 18.9. The number of carboxylic acids is 1. The summed E-state index contributed by atoms with van der Waals surface area (Å²) in [5.41, 5.74) is 0. The minimum atomic E-state index is -1.49. The minimum absolute atomic E-state index is 0.117. The average Bonchev–Trinajstić information content (AvgIpc) is 2.89. The number of ether oxygens (including phenoxy) is 1. The smallest absolute Gasteiger partial charge is 0.326 e. The monoisotopic (exact) mass is 557 g/mol. The lowest BCUT2D eigenvalue weighted by atomic mass is 9.92. The summed E-state index contributed by atoms with van der Waals surface area (Å²) in [6.45, 7) is 9.65. The third-order valence-electron chi connectivity index (χ3n) is 6.39. The quantitative estimate of drug-likeness (QED) is 0.213. The van der Waals surface area contributed by atoms with Gasteiger partial charge in [-0.2, -0.15) is 0 Å². The number of benzene rings is 2. The molecule has 2 aromatic carbocycles. The molecule has 0 fully saturated rings. The number of amides is 3. The van der Waals surface area contributed by atoms with Gasteiger partial charge in [-0.3, -0.25) is 14.4 Å². The number of aliphatic hydroxyl groups is 1. The highest BCUT2D eigenvalue weighted by atomic mass is 16.5. The molecule has 0 bridgehead atoms. The van der Waals surface area contributed by atoms with E-state index in [1.54, 1.807) is 19.1 Å². The summed E-state index contributed by atoms with van der Waals surface area (Å²) in [5, 5.41) is 30.1. The van der Waals surface area contributed by atoms with Gasteiger partial charge in [-0.1, -0.05) is 71.0 Å². The summed E-state index contributed by atoms with van der Waals surface area (Å²) < 4.78 is 5.62. The van der Waals surface area contributed by atoms with Crippen molar-refractivity contribution in [3.8, 4) is 5.75 Å². The van der Waals surface area contributed by atoms with E-state index in [0.29, 0.717) is 24.6 Å². The molecule has 0 aliphatic heterocycles. The molecule has 2 aromatic rings. The van der Waals surface area contributed by atoms with Gasteiger partial charge in [-0.05, 0) is 36.1 Å². The normalized spacial score (nSPS) is 14.3. The van der Waals surface area contributed by atoms with Crippen LogP contribution >= 0.6 is 0 Å². The molecule has 4 atom stereocenters. The minimum Gasteiger partial charge on any atom is -0.483 e. The highest BCUT2D eigenvalue weighted by Crippen LogP contribution is 2.25. The van der Waals surface area contributed by atoms with Crippen LogP contribution in [0.3, 0.4) is 0 Å². The number of carbonyl (C=O) groups excluding carboxylic acids is 3. The van der Waals surface area contributed by atoms with Crippen molar-refractivity contribution in [1.82, 2.24) is 16.0 Å². The van der Waals surface area contributed by atoms with Gasteiger partial charge < -0.3 is 30.9 Å². The lowest BCUT2D eigenvalue weighted by Gasteiger charge is -2.28. The first kappa shape index (κ1) is 32.6. The predicted molar refractivity (Wildman–Crippen MR) is 153 cm³/mol. The number of fused-ring (bicyclic) bond motifs is 1. The van der Waals surface area contributed by atoms with E-state index in [2.05, 4.69) is 16.0 Å². The van der Waals surface area contributed by atoms with E-state index in [1.165, 1.54) is 0 Å². The molecule has 0 aromatic heterocycles. The molecule has 0 heterocycles. The highest BCUT2D eigenvalue weighted by Gasteiger charge is 2.29. The Bertz CT molecular complexity index is 1150. The van der Waals surface area contributed by atoms with Crippen LogP contribution in [0.5, 0.6) is 5.75 Å². The molecule has 5 N–H and O–H groups in total. The maximum Gasteiger partial charge on any atom is 0.326 e. The van der Waals surface area contributed by atoms with Crippen LogP contribution in [0.25, 0.3) is 10.8 Å². The van der Waals surface area contributed by atoms with E-state index in [-0.39, 0.29) is 18.2 Å². The fourth-order valence-corrected chi connectivity index (χ4v) is 4.28. The zero-order chi connectivity index (χ0) is 29.8. The standard InChI is InChI=1S/C30H43N3O7/c1-18(2)13-23(25(34)14-20(5)29(37)31-16-19(3)4)32-27(35)15-24(30(38)39)33-28(36)17-40-26-12-8-10-21-9-6-7-11-22(21)26/h6-12,18-20,23-25,34H,13-17H2,1-5H3,(H,31,37)(H,32,35)(H,33,36)(H,38,39)/t20-,23+,24?,25+/m1/s1. The molecule has 10 nitrogen and oxygen atoms in total. The van der Waals surface area contributed by atoms with E-state index < -0.39 is 54.9 Å². The van der Waals surface area contributed by atoms with Crippen molar-refractivity contribution >= 4 is 34.5 Å². The second-order valence-electron chi connectivity index (χ2n) is 11.1. The molecule has 3 amide bonds.